The van der Waals surface area contributed by atoms with Gasteiger partial charge in [-0.15, -0.1) is 0 Å². The summed E-state index contributed by atoms with van der Waals surface area (Å²) in [4.78, 5) is 14.2. The molecule has 0 aromatic rings. The molecule has 2 aliphatic carbocycles. The summed E-state index contributed by atoms with van der Waals surface area (Å²) in [6.45, 7) is 1.67. The summed E-state index contributed by atoms with van der Waals surface area (Å²) in [7, 11) is 0. The van der Waals surface area contributed by atoms with Crippen LogP contribution in [0.5, 0.6) is 0 Å². The van der Waals surface area contributed by atoms with Gasteiger partial charge in [0.25, 0.3) is 0 Å². The van der Waals surface area contributed by atoms with E-state index in [1.165, 1.54) is 12.0 Å². The van der Waals surface area contributed by atoms with Crippen LogP contribution in [0.1, 0.15) is 51.4 Å². The van der Waals surface area contributed by atoms with Crippen LogP contribution in [0.15, 0.2) is 11.6 Å². The lowest BCUT2D eigenvalue weighted by Gasteiger charge is -2.35. The Kier molecular flexibility index (Phi) is 3.18. The van der Waals surface area contributed by atoms with Crippen LogP contribution in [-0.2, 0) is 4.79 Å². The zero-order chi connectivity index (χ0) is 12.6. The molecule has 0 aromatic heterocycles. The van der Waals surface area contributed by atoms with Crippen LogP contribution in [0.25, 0.3) is 0 Å². The third-order valence-electron chi connectivity index (χ3n) is 4.81. The molecule has 1 saturated heterocycles. The van der Waals surface area contributed by atoms with E-state index in [1.54, 1.807) is 0 Å². The van der Waals surface area contributed by atoms with Crippen molar-refractivity contribution in [1.82, 2.24) is 4.90 Å². The molecule has 3 heteroatoms. The van der Waals surface area contributed by atoms with Gasteiger partial charge in [0.05, 0.1) is 5.60 Å². The molecule has 0 aromatic carbocycles. The van der Waals surface area contributed by atoms with E-state index >= 15 is 0 Å². The molecule has 0 radical (unpaired) electrons. The van der Waals surface area contributed by atoms with E-state index < -0.39 is 5.60 Å². The highest BCUT2D eigenvalue weighted by Crippen LogP contribution is 2.45. The van der Waals surface area contributed by atoms with E-state index in [2.05, 4.69) is 6.08 Å². The van der Waals surface area contributed by atoms with Crippen molar-refractivity contribution in [2.24, 2.45) is 5.92 Å². The molecular weight excluding hydrogens is 226 g/mol. The Morgan fingerprint density at radius 3 is 2.94 bits per heavy atom. The van der Waals surface area contributed by atoms with Gasteiger partial charge in [0.15, 0.2) is 0 Å². The van der Waals surface area contributed by atoms with Gasteiger partial charge < -0.3 is 10.0 Å². The number of nitrogens with zero attached hydrogens (tertiary/aromatic N) is 1. The van der Waals surface area contributed by atoms with Crippen LogP contribution in [0.2, 0.25) is 0 Å². The van der Waals surface area contributed by atoms with Gasteiger partial charge in [0.2, 0.25) is 5.91 Å². The summed E-state index contributed by atoms with van der Waals surface area (Å²) in [5, 5.41) is 10.2. The smallest absolute Gasteiger partial charge is 0.226 e. The standard InChI is InChI=1S/C15H23NO2/c17-14(10-12-4-1-2-5-12)16-9-3-6-13(11-16)15(18)7-8-15/h4,13,18H,1-3,5-11H2. The minimum absolute atomic E-state index is 0.275. The lowest BCUT2D eigenvalue weighted by molar-refractivity contribution is -0.133. The number of piperidine rings is 1. The van der Waals surface area contributed by atoms with Crippen molar-refractivity contribution in [3.63, 3.8) is 0 Å². The van der Waals surface area contributed by atoms with E-state index in [0.717, 1.165) is 51.6 Å². The molecule has 3 aliphatic rings. The second kappa shape index (κ2) is 4.69. The number of carbonyl (C=O) groups is 1. The predicted octanol–water partition coefficient (Wildman–Crippen LogP) is 2.25. The fourth-order valence-corrected chi connectivity index (χ4v) is 3.38. The fourth-order valence-electron chi connectivity index (χ4n) is 3.38. The molecule has 1 saturated carbocycles. The second-order valence-electron chi connectivity index (χ2n) is 6.21. The quantitative estimate of drug-likeness (QED) is 0.779. The van der Waals surface area contributed by atoms with Crippen LogP contribution >= 0.6 is 0 Å². The van der Waals surface area contributed by atoms with E-state index in [1.807, 2.05) is 4.90 Å². The first kappa shape index (κ1) is 12.2. The molecule has 1 unspecified atom stereocenters. The van der Waals surface area contributed by atoms with Crippen molar-refractivity contribution < 1.29 is 9.90 Å². The molecule has 3 nitrogen and oxygen atoms in total. The number of likely N-dealkylation sites (tertiary alicyclic amines) is 1. The van der Waals surface area contributed by atoms with Gasteiger partial charge >= 0.3 is 0 Å². The van der Waals surface area contributed by atoms with Crippen molar-refractivity contribution in [1.29, 1.82) is 0 Å². The minimum Gasteiger partial charge on any atom is -0.390 e. The third kappa shape index (κ3) is 2.46. The van der Waals surface area contributed by atoms with Crippen molar-refractivity contribution in [2.75, 3.05) is 13.1 Å². The highest BCUT2D eigenvalue weighted by atomic mass is 16.3. The molecule has 1 aliphatic heterocycles. The van der Waals surface area contributed by atoms with Gasteiger partial charge in [0.1, 0.15) is 0 Å². The van der Waals surface area contributed by atoms with Gasteiger partial charge in [-0.05, 0) is 44.9 Å². The Balaban J connectivity index is 1.56. The molecule has 1 atom stereocenters. The third-order valence-corrected chi connectivity index (χ3v) is 4.81. The summed E-state index contributed by atoms with van der Waals surface area (Å²) < 4.78 is 0. The van der Waals surface area contributed by atoms with E-state index in [0.29, 0.717) is 12.3 Å². The van der Waals surface area contributed by atoms with Crippen LogP contribution in [-0.4, -0.2) is 34.6 Å². The molecule has 1 N–H and O–H groups in total. The summed E-state index contributed by atoms with van der Waals surface area (Å²) >= 11 is 0. The molecule has 1 amide bonds. The minimum atomic E-state index is -0.425. The molecule has 0 bridgehead atoms. The molecule has 1 heterocycles. The summed E-state index contributed by atoms with van der Waals surface area (Å²) in [5.74, 6) is 0.602. The predicted molar refractivity (Wildman–Crippen MR) is 70.0 cm³/mol. The van der Waals surface area contributed by atoms with E-state index in [9.17, 15) is 9.90 Å². The number of hydrogen-bond acceptors (Lipinski definition) is 2. The monoisotopic (exact) mass is 249 g/mol. The number of carbonyl (C=O) groups excluding carboxylic acids is 1. The first-order chi connectivity index (χ1) is 8.67. The van der Waals surface area contributed by atoms with Gasteiger partial charge in [-0.3, -0.25) is 4.79 Å². The van der Waals surface area contributed by atoms with Gasteiger partial charge in [-0.25, -0.2) is 0 Å². The Hall–Kier alpha value is -0.830. The fraction of sp³-hybridized carbons (Fsp3) is 0.800. The Morgan fingerprint density at radius 2 is 2.28 bits per heavy atom. The number of rotatable bonds is 3. The van der Waals surface area contributed by atoms with Crippen molar-refractivity contribution in [2.45, 2.75) is 57.0 Å². The van der Waals surface area contributed by atoms with Crippen molar-refractivity contribution in [3.05, 3.63) is 11.6 Å². The lowest BCUT2D eigenvalue weighted by Crippen LogP contribution is -2.44. The summed E-state index contributed by atoms with van der Waals surface area (Å²) in [5.41, 5.74) is 0.901. The maximum atomic E-state index is 12.3. The number of aliphatic hydroxyl groups is 1. The Labute approximate surface area is 109 Å². The lowest BCUT2D eigenvalue weighted by atomic mass is 9.90. The molecule has 100 valence electrons. The summed E-state index contributed by atoms with van der Waals surface area (Å²) in [6.07, 6.45) is 10.3. The average molecular weight is 249 g/mol. The summed E-state index contributed by atoms with van der Waals surface area (Å²) in [6, 6.07) is 0. The van der Waals surface area contributed by atoms with E-state index in [-0.39, 0.29) is 5.91 Å². The zero-order valence-electron chi connectivity index (χ0n) is 11.0. The zero-order valence-corrected chi connectivity index (χ0v) is 11.0. The van der Waals surface area contributed by atoms with Gasteiger partial charge in [0, 0.05) is 25.4 Å². The van der Waals surface area contributed by atoms with Gasteiger partial charge in [-0.2, -0.15) is 0 Å². The molecule has 0 spiro atoms. The largest absolute Gasteiger partial charge is 0.390 e. The first-order valence-electron chi connectivity index (χ1n) is 7.35. The first-order valence-corrected chi connectivity index (χ1v) is 7.35. The number of allylic oxidation sites excluding steroid dienone is 1. The van der Waals surface area contributed by atoms with Crippen LogP contribution in [0.3, 0.4) is 0 Å². The van der Waals surface area contributed by atoms with E-state index in [4.69, 9.17) is 0 Å². The van der Waals surface area contributed by atoms with Gasteiger partial charge in [-0.1, -0.05) is 11.6 Å². The normalized spacial score (nSPS) is 30.2. The molecule has 2 fully saturated rings. The van der Waals surface area contributed by atoms with Crippen LogP contribution in [0, 0.1) is 5.92 Å². The molecule has 3 rings (SSSR count). The Bertz CT molecular complexity index is 371. The van der Waals surface area contributed by atoms with Crippen LogP contribution in [0.4, 0.5) is 0 Å². The maximum Gasteiger partial charge on any atom is 0.226 e. The number of amides is 1. The SMILES string of the molecule is O=C(CC1=CCCC1)N1CCCC(C2(O)CC2)C1. The maximum absolute atomic E-state index is 12.3. The topological polar surface area (TPSA) is 40.5 Å². The average Bonchev–Trinajstić information content (AvgIpc) is 2.93. The van der Waals surface area contributed by atoms with Crippen molar-refractivity contribution in [3.8, 4) is 0 Å². The molecular formula is C15H23NO2. The highest BCUT2D eigenvalue weighted by molar-refractivity contribution is 5.79. The highest BCUT2D eigenvalue weighted by Gasteiger charge is 2.48. The number of hydrogen-bond donors (Lipinski definition) is 1. The second-order valence-corrected chi connectivity index (χ2v) is 6.21. The van der Waals surface area contributed by atoms with Crippen molar-refractivity contribution >= 4 is 5.91 Å². The van der Waals surface area contributed by atoms with Crippen LogP contribution < -0.4 is 0 Å². The molecule has 18 heavy (non-hydrogen) atoms. The Morgan fingerprint density at radius 1 is 1.44 bits per heavy atom.